The van der Waals surface area contributed by atoms with Gasteiger partial charge in [-0.3, -0.25) is 4.99 Å². The van der Waals surface area contributed by atoms with Crippen LogP contribution < -0.4 is 10.0 Å². The Morgan fingerprint density at radius 1 is 1.03 bits per heavy atom. The Hall–Kier alpha value is -2.66. The molecule has 3 rings (SSSR count). The van der Waals surface area contributed by atoms with E-state index in [4.69, 9.17) is 14.5 Å². The van der Waals surface area contributed by atoms with Crippen LogP contribution in [0, 0.1) is 28.3 Å². The largest absolute Gasteiger partial charge is 0.493 e. The van der Waals surface area contributed by atoms with E-state index in [1.165, 1.54) is 5.57 Å². The number of allylic oxidation sites excluding steroid dienone is 8. The van der Waals surface area contributed by atoms with E-state index in [0.717, 1.165) is 16.9 Å². The Balaban J connectivity index is 2.11. The van der Waals surface area contributed by atoms with Crippen molar-refractivity contribution in [1.82, 2.24) is 0 Å². The minimum absolute atomic E-state index is 0.0685. The van der Waals surface area contributed by atoms with Crippen LogP contribution in [0.5, 0.6) is 5.75 Å². The molecule has 0 amide bonds. The summed E-state index contributed by atoms with van der Waals surface area (Å²) >= 11 is 0. The fraction of sp³-hybridized carbons (Fsp3) is 0.452. The Bertz CT molecular complexity index is 1310. The maximum Gasteiger partial charge on any atom is 0.175 e. The quantitative estimate of drug-likeness (QED) is 0.144. The van der Waals surface area contributed by atoms with E-state index in [1.54, 1.807) is 12.3 Å². The minimum atomic E-state index is -1.56. The van der Waals surface area contributed by atoms with E-state index >= 15 is 0 Å². The third-order valence-electron chi connectivity index (χ3n) is 6.57. The maximum atomic E-state index is 14.9. The average molecular weight is 564 g/mol. The Labute approximate surface area is 231 Å². The highest BCUT2D eigenvalue weighted by Crippen LogP contribution is 2.40. The molecule has 3 nitrogen and oxygen atoms in total. The molecule has 2 aliphatic rings. The average Bonchev–Trinajstić information content (AvgIpc) is 3.05. The van der Waals surface area contributed by atoms with Crippen molar-refractivity contribution in [3.8, 4) is 5.75 Å². The molecule has 0 spiro atoms. The Morgan fingerprint density at radius 2 is 1.72 bits per heavy atom. The van der Waals surface area contributed by atoms with Crippen LogP contribution >= 0.6 is 9.24 Å². The van der Waals surface area contributed by atoms with Crippen LogP contribution in [0.15, 0.2) is 63.2 Å². The minimum Gasteiger partial charge on any atom is -0.493 e. The van der Waals surface area contributed by atoms with E-state index < -0.39 is 40.7 Å². The van der Waals surface area contributed by atoms with Gasteiger partial charge in [-0.05, 0) is 48.7 Å². The highest BCUT2D eigenvalue weighted by molar-refractivity contribution is 7.27. The third-order valence-corrected chi connectivity index (χ3v) is 7.08. The fourth-order valence-electron chi connectivity index (χ4n) is 4.31. The Morgan fingerprint density at radius 3 is 2.31 bits per heavy atom. The van der Waals surface area contributed by atoms with Crippen molar-refractivity contribution in [2.75, 3.05) is 6.61 Å². The number of hydrogen-bond donors (Lipinski definition) is 0. The van der Waals surface area contributed by atoms with Gasteiger partial charge in [0.1, 0.15) is 18.2 Å². The summed E-state index contributed by atoms with van der Waals surface area (Å²) in [5, 5.41) is -0.457. The van der Waals surface area contributed by atoms with Gasteiger partial charge in [-0.1, -0.05) is 69.0 Å². The number of aliphatic imine (C=N–C) groups is 1. The highest BCUT2D eigenvalue weighted by atomic mass is 31.0. The lowest BCUT2D eigenvalue weighted by Crippen LogP contribution is -2.17. The molecule has 212 valence electrons. The second kappa shape index (κ2) is 12.2. The summed E-state index contributed by atoms with van der Waals surface area (Å²) in [6.07, 6.45) is 11.3. The molecule has 2 aliphatic carbocycles. The summed E-state index contributed by atoms with van der Waals surface area (Å²) in [6.45, 7) is 13.8. The molecule has 0 aliphatic heterocycles. The molecule has 0 radical (unpaired) electrons. The van der Waals surface area contributed by atoms with Crippen molar-refractivity contribution in [3.05, 3.63) is 81.3 Å². The van der Waals surface area contributed by atoms with Gasteiger partial charge in [-0.25, -0.2) is 17.6 Å². The molecular formula is C31H38F4NO2P. The molecule has 0 saturated heterocycles. The number of nitrogens with zero attached hydrogens (tertiary/aromatic N) is 1. The zero-order valence-electron chi connectivity index (χ0n) is 23.8. The van der Waals surface area contributed by atoms with Crippen LogP contribution in [0.3, 0.4) is 0 Å². The molecule has 0 heterocycles. The lowest BCUT2D eigenvalue weighted by molar-refractivity contribution is 0.223. The van der Waals surface area contributed by atoms with Crippen molar-refractivity contribution >= 4 is 20.8 Å². The first-order valence-corrected chi connectivity index (χ1v) is 13.7. The summed E-state index contributed by atoms with van der Waals surface area (Å²) in [5.41, 5.74) is 2.36. The normalized spacial score (nSPS) is 17.0. The molecule has 1 atom stereocenters. The summed E-state index contributed by atoms with van der Waals surface area (Å²) < 4.78 is 68.5. The molecule has 0 N–H and O–H groups in total. The molecule has 0 bridgehead atoms. The monoisotopic (exact) mass is 563 g/mol. The third kappa shape index (κ3) is 6.92. The number of benzene rings is 1. The van der Waals surface area contributed by atoms with E-state index in [1.807, 2.05) is 22.2 Å². The SMILES string of the molecule is CCOC1=C(C=NC2=C(Oc3c(F)c(CF)c(F)c(F)c3P)C=CCC2)CC=C(C(C)(C)C)C=C1C(C)(C)C. The number of hydrogen-bond acceptors (Lipinski definition) is 3. The summed E-state index contributed by atoms with van der Waals surface area (Å²) in [4.78, 5) is 4.72. The van der Waals surface area contributed by atoms with Gasteiger partial charge in [0.25, 0.3) is 0 Å². The molecule has 0 saturated carbocycles. The molecule has 1 unspecified atom stereocenters. The van der Waals surface area contributed by atoms with E-state index in [2.05, 4.69) is 53.7 Å². The first-order chi connectivity index (χ1) is 18.2. The fourth-order valence-corrected chi connectivity index (χ4v) is 4.62. The van der Waals surface area contributed by atoms with E-state index in [0.29, 0.717) is 31.6 Å². The Kier molecular flexibility index (Phi) is 9.69. The van der Waals surface area contributed by atoms with E-state index in [-0.39, 0.29) is 16.6 Å². The first-order valence-electron chi connectivity index (χ1n) is 13.1. The maximum absolute atomic E-state index is 14.9. The number of rotatable bonds is 7. The van der Waals surface area contributed by atoms with Gasteiger partial charge in [-0.2, -0.15) is 0 Å². The van der Waals surface area contributed by atoms with Gasteiger partial charge in [0, 0.05) is 17.4 Å². The smallest absolute Gasteiger partial charge is 0.175 e. The lowest BCUT2D eigenvalue weighted by atomic mass is 9.79. The van der Waals surface area contributed by atoms with E-state index in [9.17, 15) is 17.6 Å². The van der Waals surface area contributed by atoms with Crippen LogP contribution in [0.1, 0.15) is 73.3 Å². The number of ether oxygens (including phenoxy) is 2. The molecule has 1 aromatic rings. The van der Waals surface area contributed by atoms with Gasteiger partial charge >= 0.3 is 0 Å². The number of alkyl halides is 1. The zero-order chi connectivity index (χ0) is 29.1. The topological polar surface area (TPSA) is 30.8 Å². The van der Waals surface area contributed by atoms with Gasteiger partial charge in [0.2, 0.25) is 0 Å². The van der Waals surface area contributed by atoms with Crippen molar-refractivity contribution in [2.45, 2.75) is 74.4 Å². The predicted octanol–water partition coefficient (Wildman–Crippen LogP) is 8.72. The van der Waals surface area contributed by atoms with Crippen molar-refractivity contribution in [2.24, 2.45) is 15.8 Å². The zero-order valence-corrected chi connectivity index (χ0v) is 24.9. The highest BCUT2D eigenvalue weighted by Gasteiger charge is 2.29. The molecule has 1 aromatic carbocycles. The van der Waals surface area contributed by atoms with Gasteiger partial charge in [0.05, 0.1) is 23.2 Å². The van der Waals surface area contributed by atoms with Crippen molar-refractivity contribution in [3.63, 3.8) is 0 Å². The van der Waals surface area contributed by atoms with Crippen LogP contribution in [-0.4, -0.2) is 12.8 Å². The van der Waals surface area contributed by atoms with Gasteiger partial charge < -0.3 is 9.47 Å². The molecule has 0 aromatic heterocycles. The summed E-state index contributed by atoms with van der Waals surface area (Å²) in [7, 11) is 1.93. The molecule has 39 heavy (non-hydrogen) atoms. The van der Waals surface area contributed by atoms with Gasteiger partial charge in [0.15, 0.2) is 23.2 Å². The second-order valence-corrected chi connectivity index (χ2v) is 12.2. The molecule has 8 heteroatoms. The number of halogens is 4. The van der Waals surface area contributed by atoms with Gasteiger partial charge in [-0.15, -0.1) is 0 Å². The lowest BCUT2D eigenvalue weighted by Gasteiger charge is -2.28. The summed E-state index contributed by atoms with van der Waals surface area (Å²) in [6, 6.07) is 0. The van der Waals surface area contributed by atoms with Crippen LogP contribution in [0.25, 0.3) is 0 Å². The van der Waals surface area contributed by atoms with Crippen molar-refractivity contribution < 1.29 is 27.0 Å². The van der Waals surface area contributed by atoms with Crippen LogP contribution in [0.4, 0.5) is 17.6 Å². The predicted molar refractivity (Wildman–Crippen MR) is 153 cm³/mol. The van der Waals surface area contributed by atoms with Crippen molar-refractivity contribution in [1.29, 1.82) is 0 Å². The second-order valence-electron chi connectivity index (χ2n) is 11.6. The standard InChI is InChI=1S/C31H38F4NO2P/c1-8-37-27-18(13-14-19(30(2,3)4)15-21(27)31(5,6)7)17-36-22-11-9-10-12-23(22)38-28-25(34)20(16-32)24(33)26(35)29(28)39/h10,12,14-15,17H,8-9,11,13,16,39H2,1-7H3. The van der Waals surface area contributed by atoms with Crippen LogP contribution in [-0.2, 0) is 11.4 Å². The summed E-state index contributed by atoms with van der Waals surface area (Å²) in [5.74, 6) is -3.85. The van der Waals surface area contributed by atoms with Crippen LogP contribution in [0.2, 0.25) is 0 Å². The first kappa shape index (κ1) is 30.9. The molecular weight excluding hydrogens is 525 g/mol. The molecule has 0 fully saturated rings.